The highest BCUT2D eigenvalue weighted by atomic mass is 35.5. The molecule has 1 heterocycles. The van der Waals surface area contributed by atoms with E-state index in [2.05, 4.69) is 15.5 Å². The van der Waals surface area contributed by atoms with Crippen LogP contribution in [-0.2, 0) is 9.53 Å². The first-order chi connectivity index (χ1) is 16.3. The number of ether oxygens (including phenoxy) is 3. The van der Waals surface area contributed by atoms with Gasteiger partial charge in [0.05, 0.1) is 30.5 Å². The van der Waals surface area contributed by atoms with Gasteiger partial charge < -0.3 is 19.5 Å². The smallest absolute Gasteiger partial charge is 0.338 e. The topological polar surface area (TPSA) is 105 Å². The molecule has 9 nitrogen and oxygen atoms in total. The van der Waals surface area contributed by atoms with E-state index in [4.69, 9.17) is 25.8 Å². The zero-order chi connectivity index (χ0) is 24.8. The van der Waals surface area contributed by atoms with Gasteiger partial charge in [-0.2, -0.15) is 0 Å². The Morgan fingerprint density at radius 3 is 2.38 bits per heavy atom. The minimum atomic E-state index is -1.01. The Hall–Kier alpha value is -3.24. The fourth-order valence-electron chi connectivity index (χ4n) is 3.21. The number of aryl methyl sites for hydroxylation is 1. The third-order valence-electron chi connectivity index (χ3n) is 4.98. The number of nitrogens with one attached hydrogen (secondary N) is 1. The fourth-order valence-corrected chi connectivity index (χ4v) is 3.99. The summed E-state index contributed by atoms with van der Waals surface area (Å²) in [5, 5.41) is 12.0. The molecule has 1 amide bonds. The molecule has 0 aliphatic heterocycles. The Labute approximate surface area is 206 Å². The Kier molecular flexibility index (Phi) is 8.41. The monoisotopic (exact) mass is 504 g/mol. The number of esters is 1. The largest absolute Gasteiger partial charge is 0.495 e. The number of carbonyl (C=O) groups is 2. The molecule has 1 aromatic heterocycles. The van der Waals surface area contributed by atoms with Crippen molar-refractivity contribution in [2.75, 3.05) is 25.8 Å². The van der Waals surface area contributed by atoms with Crippen LogP contribution in [0.4, 0.5) is 5.69 Å². The van der Waals surface area contributed by atoms with Gasteiger partial charge in [0.1, 0.15) is 17.3 Å². The van der Waals surface area contributed by atoms with Crippen molar-refractivity contribution in [1.82, 2.24) is 14.8 Å². The van der Waals surface area contributed by atoms with Crippen LogP contribution in [0.25, 0.3) is 5.69 Å². The Balaban J connectivity index is 1.73. The Morgan fingerprint density at radius 1 is 1.12 bits per heavy atom. The summed E-state index contributed by atoms with van der Waals surface area (Å²) in [6, 6.07) is 9.90. The minimum Gasteiger partial charge on any atom is -0.495 e. The summed E-state index contributed by atoms with van der Waals surface area (Å²) in [4.78, 5) is 25.5. The number of halogens is 1. The van der Waals surface area contributed by atoms with Gasteiger partial charge in [-0.1, -0.05) is 30.3 Å². The molecule has 3 rings (SSSR count). The second-order valence-corrected chi connectivity index (χ2v) is 8.28. The van der Waals surface area contributed by atoms with Crippen LogP contribution in [0.1, 0.15) is 29.5 Å². The highest BCUT2D eigenvalue weighted by Gasteiger charge is 2.24. The van der Waals surface area contributed by atoms with Crippen LogP contribution in [-0.4, -0.2) is 53.2 Å². The molecule has 34 heavy (non-hydrogen) atoms. The van der Waals surface area contributed by atoms with Crippen molar-refractivity contribution < 1.29 is 23.8 Å². The van der Waals surface area contributed by atoms with E-state index in [-0.39, 0.29) is 6.42 Å². The zero-order valence-corrected chi connectivity index (χ0v) is 21.0. The standard InChI is InChI=1S/C23H25ClN4O5S/c1-6-18(21(29)25-17-11-16(24)19(31-3)12-20(17)32-4)33-22(30)14-7-9-15(10-8-14)28-13(2)26-27-23(28)34-5/h7-12,18H,6H2,1-5H3,(H,25,29). The number of rotatable bonds is 9. The van der Waals surface area contributed by atoms with E-state index in [0.717, 1.165) is 16.7 Å². The Bertz CT molecular complexity index is 1180. The van der Waals surface area contributed by atoms with Crippen molar-refractivity contribution in [1.29, 1.82) is 0 Å². The molecule has 1 atom stereocenters. The summed E-state index contributed by atoms with van der Waals surface area (Å²) in [5.74, 6) is 0.386. The number of benzene rings is 2. The van der Waals surface area contributed by atoms with Crippen LogP contribution in [0.2, 0.25) is 5.02 Å². The predicted octanol–water partition coefficient (Wildman–Crippen LogP) is 4.54. The van der Waals surface area contributed by atoms with Gasteiger partial charge in [0.15, 0.2) is 11.3 Å². The van der Waals surface area contributed by atoms with E-state index >= 15 is 0 Å². The summed E-state index contributed by atoms with van der Waals surface area (Å²) in [6.07, 6.45) is 1.18. The average molecular weight is 505 g/mol. The lowest BCUT2D eigenvalue weighted by Crippen LogP contribution is -2.32. The fraction of sp³-hybridized carbons (Fsp3) is 0.304. The van der Waals surface area contributed by atoms with Gasteiger partial charge in [-0.3, -0.25) is 9.36 Å². The van der Waals surface area contributed by atoms with E-state index in [1.807, 2.05) is 17.7 Å². The molecule has 0 saturated heterocycles. The minimum absolute atomic E-state index is 0.277. The van der Waals surface area contributed by atoms with Crippen LogP contribution in [0.15, 0.2) is 41.6 Å². The van der Waals surface area contributed by atoms with Crippen molar-refractivity contribution in [3.05, 3.63) is 52.8 Å². The lowest BCUT2D eigenvalue weighted by atomic mass is 10.2. The molecule has 0 fully saturated rings. The van der Waals surface area contributed by atoms with E-state index < -0.39 is 18.0 Å². The van der Waals surface area contributed by atoms with Gasteiger partial charge in [0, 0.05) is 11.8 Å². The molecule has 0 saturated carbocycles. The third kappa shape index (κ3) is 5.45. The van der Waals surface area contributed by atoms with Gasteiger partial charge in [-0.15, -0.1) is 10.2 Å². The summed E-state index contributed by atoms with van der Waals surface area (Å²) < 4.78 is 17.8. The second-order valence-electron chi connectivity index (χ2n) is 7.09. The lowest BCUT2D eigenvalue weighted by molar-refractivity contribution is -0.124. The molecule has 0 spiro atoms. The van der Waals surface area contributed by atoms with E-state index in [1.165, 1.54) is 32.0 Å². The number of nitrogens with zero attached hydrogens (tertiary/aromatic N) is 3. The SMILES string of the molecule is CCC(OC(=O)c1ccc(-n2c(C)nnc2SC)cc1)C(=O)Nc1cc(Cl)c(OC)cc1OC. The normalized spacial score (nSPS) is 11.6. The third-order valence-corrected chi connectivity index (χ3v) is 5.91. The number of amides is 1. The number of aromatic nitrogens is 3. The predicted molar refractivity (Wildman–Crippen MR) is 131 cm³/mol. The van der Waals surface area contributed by atoms with Crippen LogP contribution in [0, 0.1) is 6.92 Å². The second kappa shape index (κ2) is 11.3. The molecule has 180 valence electrons. The van der Waals surface area contributed by atoms with E-state index in [9.17, 15) is 9.59 Å². The molecule has 2 aromatic carbocycles. The van der Waals surface area contributed by atoms with Crippen LogP contribution < -0.4 is 14.8 Å². The summed E-state index contributed by atoms with van der Waals surface area (Å²) >= 11 is 7.64. The number of anilines is 1. The van der Waals surface area contributed by atoms with Gasteiger partial charge in [0.2, 0.25) is 0 Å². The average Bonchev–Trinajstić information content (AvgIpc) is 3.22. The summed E-state index contributed by atoms with van der Waals surface area (Å²) in [7, 11) is 2.94. The molecular formula is C23H25ClN4O5S. The highest BCUT2D eigenvalue weighted by Crippen LogP contribution is 2.36. The molecule has 0 aliphatic rings. The van der Waals surface area contributed by atoms with Crippen molar-refractivity contribution in [3.63, 3.8) is 0 Å². The van der Waals surface area contributed by atoms with E-state index in [1.54, 1.807) is 37.3 Å². The Morgan fingerprint density at radius 2 is 1.79 bits per heavy atom. The molecule has 1 N–H and O–H groups in total. The summed E-state index contributed by atoms with van der Waals surface area (Å²) in [6.45, 7) is 3.60. The number of thioether (sulfide) groups is 1. The molecular weight excluding hydrogens is 480 g/mol. The summed E-state index contributed by atoms with van der Waals surface area (Å²) in [5.41, 5.74) is 1.47. The van der Waals surface area contributed by atoms with Crippen molar-refractivity contribution in [3.8, 4) is 17.2 Å². The molecule has 1 unspecified atom stereocenters. The van der Waals surface area contributed by atoms with Gasteiger partial charge in [0.25, 0.3) is 5.91 Å². The molecule has 0 radical (unpaired) electrons. The van der Waals surface area contributed by atoms with Gasteiger partial charge in [-0.05, 0) is 49.9 Å². The molecule has 0 bridgehead atoms. The number of carbonyl (C=O) groups excluding carboxylic acids is 2. The quantitative estimate of drug-likeness (QED) is 0.334. The first-order valence-electron chi connectivity index (χ1n) is 10.3. The van der Waals surface area contributed by atoms with Gasteiger partial charge >= 0.3 is 5.97 Å². The first-order valence-corrected chi connectivity index (χ1v) is 11.9. The number of methoxy groups -OCH3 is 2. The number of hydrogen-bond donors (Lipinski definition) is 1. The van der Waals surface area contributed by atoms with E-state index in [0.29, 0.717) is 27.8 Å². The maximum atomic E-state index is 12.8. The first kappa shape index (κ1) is 25.4. The maximum Gasteiger partial charge on any atom is 0.338 e. The highest BCUT2D eigenvalue weighted by molar-refractivity contribution is 7.98. The van der Waals surface area contributed by atoms with Gasteiger partial charge in [-0.25, -0.2) is 4.79 Å². The van der Waals surface area contributed by atoms with Crippen LogP contribution in [0.5, 0.6) is 11.5 Å². The van der Waals surface area contributed by atoms with Crippen molar-refractivity contribution >= 4 is 40.9 Å². The van der Waals surface area contributed by atoms with Crippen molar-refractivity contribution in [2.45, 2.75) is 31.5 Å². The molecule has 11 heteroatoms. The molecule has 0 aliphatic carbocycles. The van der Waals surface area contributed by atoms with Crippen molar-refractivity contribution in [2.24, 2.45) is 0 Å². The van der Waals surface area contributed by atoms with Crippen LogP contribution in [0.3, 0.4) is 0 Å². The number of hydrogen-bond acceptors (Lipinski definition) is 8. The zero-order valence-electron chi connectivity index (χ0n) is 19.4. The molecule has 3 aromatic rings. The lowest BCUT2D eigenvalue weighted by Gasteiger charge is -2.18. The maximum absolute atomic E-state index is 12.8. The van der Waals surface area contributed by atoms with Crippen LogP contribution >= 0.6 is 23.4 Å².